The van der Waals surface area contributed by atoms with Gasteiger partial charge < -0.3 is 15.4 Å². The molecule has 106 valence electrons. The summed E-state index contributed by atoms with van der Waals surface area (Å²) in [5.74, 6) is -0.00673. The van der Waals surface area contributed by atoms with Crippen LogP contribution in [0.5, 0.6) is 5.75 Å². The molecule has 0 aliphatic carbocycles. The third kappa shape index (κ3) is 3.45. The molecule has 0 spiro atoms. The molecule has 3 nitrogen and oxygen atoms in total. The van der Waals surface area contributed by atoms with Crippen LogP contribution in [-0.2, 0) is 0 Å². The second-order valence-electron chi connectivity index (χ2n) is 5.36. The fourth-order valence-corrected chi connectivity index (χ4v) is 2.68. The van der Waals surface area contributed by atoms with Gasteiger partial charge in [0.25, 0.3) is 0 Å². The zero-order chi connectivity index (χ0) is 13.8. The number of hydrogen-bond acceptors (Lipinski definition) is 3. The van der Waals surface area contributed by atoms with Crippen molar-refractivity contribution in [2.24, 2.45) is 5.73 Å². The summed E-state index contributed by atoms with van der Waals surface area (Å²) in [6, 6.07) is 5.25. The third-order valence-corrected chi connectivity index (χ3v) is 3.86. The Bertz CT molecular complexity index is 423. The lowest BCUT2D eigenvalue weighted by atomic mass is 10.1. The summed E-state index contributed by atoms with van der Waals surface area (Å²) >= 11 is 0. The van der Waals surface area contributed by atoms with Crippen LogP contribution in [0.1, 0.15) is 37.8 Å². The Morgan fingerprint density at radius 2 is 2.32 bits per heavy atom. The van der Waals surface area contributed by atoms with Crippen molar-refractivity contribution < 1.29 is 9.13 Å². The number of nitrogens with zero attached hydrogens (tertiary/aromatic N) is 1. The Kier molecular flexibility index (Phi) is 4.77. The van der Waals surface area contributed by atoms with Gasteiger partial charge in [-0.1, -0.05) is 12.1 Å². The molecule has 0 amide bonds. The predicted molar refractivity (Wildman–Crippen MR) is 74.8 cm³/mol. The van der Waals surface area contributed by atoms with E-state index in [1.807, 2.05) is 13.0 Å². The van der Waals surface area contributed by atoms with Gasteiger partial charge in [-0.25, -0.2) is 4.39 Å². The fraction of sp³-hybridized carbons (Fsp3) is 0.600. The molecule has 1 fully saturated rings. The van der Waals surface area contributed by atoms with E-state index >= 15 is 0 Å². The van der Waals surface area contributed by atoms with E-state index in [1.54, 1.807) is 6.07 Å². The molecule has 1 saturated heterocycles. The summed E-state index contributed by atoms with van der Waals surface area (Å²) in [6.07, 6.45) is 3.38. The van der Waals surface area contributed by atoms with Gasteiger partial charge in [0.1, 0.15) is 0 Å². The van der Waals surface area contributed by atoms with Crippen LogP contribution in [-0.4, -0.2) is 31.1 Å². The lowest BCUT2D eigenvalue weighted by Crippen LogP contribution is -2.26. The fourth-order valence-electron chi connectivity index (χ4n) is 2.68. The summed E-state index contributed by atoms with van der Waals surface area (Å²) in [6.45, 7) is 3.53. The van der Waals surface area contributed by atoms with Crippen molar-refractivity contribution in [3.63, 3.8) is 0 Å². The van der Waals surface area contributed by atoms with Gasteiger partial charge in [0.2, 0.25) is 0 Å². The first-order valence-electron chi connectivity index (χ1n) is 6.96. The molecule has 0 bridgehead atoms. The summed E-state index contributed by atoms with van der Waals surface area (Å²) in [7, 11) is 2.13. The number of nitrogens with two attached hydrogens (primary N) is 1. The van der Waals surface area contributed by atoms with Crippen LogP contribution in [0.15, 0.2) is 18.2 Å². The highest BCUT2D eigenvalue weighted by atomic mass is 19.1. The Morgan fingerprint density at radius 3 is 2.95 bits per heavy atom. The van der Waals surface area contributed by atoms with Crippen molar-refractivity contribution in [1.82, 2.24) is 4.90 Å². The standard InChI is InChI=1S/C15H23FN2O/c1-11(17)13-6-3-7-14(16)15(13)19-10-8-12-5-4-9-18(12)2/h3,6-7,11-12H,4-5,8-10,17H2,1-2H3/t11-,12?/m0/s1. The molecule has 1 aromatic carbocycles. The highest BCUT2D eigenvalue weighted by Gasteiger charge is 2.21. The van der Waals surface area contributed by atoms with Crippen molar-refractivity contribution in [1.29, 1.82) is 0 Å². The quantitative estimate of drug-likeness (QED) is 0.890. The van der Waals surface area contributed by atoms with E-state index in [0.717, 1.165) is 18.5 Å². The van der Waals surface area contributed by atoms with E-state index in [0.29, 0.717) is 18.4 Å². The topological polar surface area (TPSA) is 38.5 Å². The van der Waals surface area contributed by atoms with E-state index in [4.69, 9.17) is 10.5 Å². The van der Waals surface area contributed by atoms with Gasteiger partial charge in [0.15, 0.2) is 11.6 Å². The highest BCUT2D eigenvalue weighted by molar-refractivity contribution is 5.36. The monoisotopic (exact) mass is 266 g/mol. The summed E-state index contributed by atoms with van der Waals surface area (Å²) in [5.41, 5.74) is 6.58. The molecule has 1 heterocycles. The van der Waals surface area contributed by atoms with Crippen molar-refractivity contribution in [2.45, 2.75) is 38.3 Å². The number of halogens is 1. The van der Waals surface area contributed by atoms with Gasteiger partial charge in [-0.05, 0) is 45.8 Å². The van der Waals surface area contributed by atoms with E-state index in [1.165, 1.54) is 18.9 Å². The summed E-state index contributed by atoms with van der Waals surface area (Å²) < 4.78 is 19.5. The Morgan fingerprint density at radius 1 is 1.53 bits per heavy atom. The minimum Gasteiger partial charge on any atom is -0.490 e. The number of para-hydroxylation sites is 1. The van der Waals surface area contributed by atoms with Crippen LogP contribution in [0.2, 0.25) is 0 Å². The van der Waals surface area contributed by atoms with E-state index < -0.39 is 0 Å². The molecule has 19 heavy (non-hydrogen) atoms. The molecule has 2 atom stereocenters. The van der Waals surface area contributed by atoms with Crippen molar-refractivity contribution >= 4 is 0 Å². The van der Waals surface area contributed by atoms with Crippen LogP contribution in [0.3, 0.4) is 0 Å². The summed E-state index contributed by atoms with van der Waals surface area (Å²) in [5, 5.41) is 0. The number of ether oxygens (including phenoxy) is 1. The first-order valence-corrected chi connectivity index (χ1v) is 6.96. The largest absolute Gasteiger partial charge is 0.490 e. The van der Waals surface area contributed by atoms with Crippen molar-refractivity contribution in [3.05, 3.63) is 29.6 Å². The van der Waals surface area contributed by atoms with E-state index in [2.05, 4.69) is 11.9 Å². The minimum absolute atomic E-state index is 0.222. The smallest absolute Gasteiger partial charge is 0.165 e. The van der Waals surface area contributed by atoms with Gasteiger partial charge in [-0.2, -0.15) is 0 Å². The molecule has 0 radical (unpaired) electrons. The Hall–Kier alpha value is -1.13. The molecule has 1 aliphatic rings. The van der Waals surface area contributed by atoms with Gasteiger partial charge in [0.05, 0.1) is 6.61 Å². The third-order valence-electron chi connectivity index (χ3n) is 3.86. The minimum atomic E-state index is -0.324. The van der Waals surface area contributed by atoms with E-state index in [-0.39, 0.29) is 11.9 Å². The maximum Gasteiger partial charge on any atom is 0.165 e. The van der Waals surface area contributed by atoms with Gasteiger partial charge in [-0.3, -0.25) is 0 Å². The van der Waals surface area contributed by atoms with Crippen molar-refractivity contribution in [3.8, 4) is 5.75 Å². The van der Waals surface area contributed by atoms with Crippen LogP contribution in [0.25, 0.3) is 0 Å². The molecule has 1 aromatic rings. The van der Waals surface area contributed by atoms with Gasteiger partial charge in [-0.15, -0.1) is 0 Å². The number of likely N-dealkylation sites (tertiary alicyclic amines) is 1. The highest BCUT2D eigenvalue weighted by Crippen LogP contribution is 2.27. The molecule has 4 heteroatoms. The first-order chi connectivity index (χ1) is 9.09. The zero-order valence-electron chi connectivity index (χ0n) is 11.7. The number of hydrogen-bond donors (Lipinski definition) is 1. The normalized spacial score (nSPS) is 21.6. The van der Waals surface area contributed by atoms with Crippen molar-refractivity contribution in [2.75, 3.05) is 20.2 Å². The van der Waals surface area contributed by atoms with Crippen LogP contribution >= 0.6 is 0 Å². The molecular weight excluding hydrogens is 243 g/mol. The zero-order valence-corrected chi connectivity index (χ0v) is 11.7. The predicted octanol–water partition coefficient (Wildman–Crippen LogP) is 2.71. The molecular formula is C15H23FN2O. The van der Waals surface area contributed by atoms with Gasteiger partial charge in [0, 0.05) is 17.6 Å². The number of rotatable bonds is 5. The lowest BCUT2D eigenvalue weighted by molar-refractivity contribution is 0.226. The van der Waals surface area contributed by atoms with Crippen LogP contribution < -0.4 is 10.5 Å². The molecule has 1 aliphatic heterocycles. The average Bonchev–Trinajstić information content (AvgIpc) is 2.77. The molecule has 2 N–H and O–H groups in total. The SMILES string of the molecule is C[C@H](N)c1cccc(F)c1OCCC1CCCN1C. The second-order valence-corrected chi connectivity index (χ2v) is 5.36. The van der Waals surface area contributed by atoms with Crippen LogP contribution in [0.4, 0.5) is 4.39 Å². The molecule has 0 aromatic heterocycles. The number of benzene rings is 1. The molecule has 2 rings (SSSR count). The second kappa shape index (κ2) is 6.35. The Balaban J connectivity index is 1.95. The van der Waals surface area contributed by atoms with Crippen LogP contribution in [0, 0.1) is 5.82 Å². The maximum atomic E-state index is 13.8. The van der Waals surface area contributed by atoms with Gasteiger partial charge >= 0.3 is 0 Å². The lowest BCUT2D eigenvalue weighted by Gasteiger charge is -2.20. The Labute approximate surface area is 114 Å². The first kappa shape index (κ1) is 14.3. The average molecular weight is 266 g/mol. The molecule has 0 saturated carbocycles. The summed E-state index contributed by atoms with van der Waals surface area (Å²) in [4.78, 5) is 2.34. The van der Waals surface area contributed by atoms with E-state index in [9.17, 15) is 4.39 Å². The maximum absolute atomic E-state index is 13.8. The molecule has 1 unspecified atom stereocenters.